The third kappa shape index (κ3) is 3.32. The fourth-order valence-electron chi connectivity index (χ4n) is 1.77. The molecule has 1 fully saturated rings. The quantitative estimate of drug-likeness (QED) is 0.736. The summed E-state index contributed by atoms with van der Waals surface area (Å²) < 4.78 is 5.51. The SMILES string of the molecule is ClCc1cnc(OCCN2CCCC2)cn1. The normalized spacial score (nSPS) is 16.6. The molecule has 1 aromatic rings. The van der Waals surface area contributed by atoms with Crippen LogP contribution in [0, 0.1) is 0 Å². The summed E-state index contributed by atoms with van der Waals surface area (Å²) in [5.41, 5.74) is 0.772. The maximum absolute atomic E-state index is 5.62. The molecule has 1 aromatic heterocycles. The third-order valence-corrected chi connectivity index (χ3v) is 2.95. The van der Waals surface area contributed by atoms with Gasteiger partial charge in [-0.1, -0.05) is 0 Å². The lowest BCUT2D eigenvalue weighted by molar-refractivity contribution is 0.231. The van der Waals surface area contributed by atoms with E-state index in [0.717, 1.165) is 12.2 Å². The molecule has 0 saturated carbocycles. The van der Waals surface area contributed by atoms with Gasteiger partial charge < -0.3 is 4.74 Å². The van der Waals surface area contributed by atoms with E-state index in [1.165, 1.54) is 25.9 Å². The number of ether oxygens (including phenoxy) is 1. The molecule has 0 atom stereocenters. The summed E-state index contributed by atoms with van der Waals surface area (Å²) in [5.74, 6) is 0.967. The van der Waals surface area contributed by atoms with Crippen LogP contribution in [0.3, 0.4) is 0 Å². The molecule has 0 radical (unpaired) electrons. The molecule has 0 unspecified atom stereocenters. The second-order valence-corrected chi connectivity index (χ2v) is 4.14. The molecule has 2 heterocycles. The minimum absolute atomic E-state index is 0.390. The number of alkyl halides is 1. The Kier molecular flexibility index (Phi) is 4.36. The summed E-state index contributed by atoms with van der Waals surface area (Å²) in [7, 11) is 0. The molecule has 0 N–H and O–H groups in total. The average Bonchev–Trinajstić information content (AvgIpc) is 2.83. The van der Waals surface area contributed by atoms with Crippen molar-refractivity contribution in [3.63, 3.8) is 0 Å². The van der Waals surface area contributed by atoms with Crippen LogP contribution >= 0.6 is 11.6 Å². The number of aromatic nitrogens is 2. The number of hydrogen-bond acceptors (Lipinski definition) is 4. The van der Waals surface area contributed by atoms with E-state index < -0.39 is 0 Å². The van der Waals surface area contributed by atoms with Crippen molar-refractivity contribution in [1.82, 2.24) is 14.9 Å². The Morgan fingerprint density at radius 2 is 2.06 bits per heavy atom. The molecule has 0 amide bonds. The van der Waals surface area contributed by atoms with Crippen molar-refractivity contribution in [2.75, 3.05) is 26.2 Å². The van der Waals surface area contributed by atoms with E-state index in [2.05, 4.69) is 14.9 Å². The van der Waals surface area contributed by atoms with E-state index in [0.29, 0.717) is 18.4 Å². The molecule has 1 aliphatic heterocycles. The van der Waals surface area contributed by atoms with Gasteiger partial charge in [-0.25, -0.2) is 4.98 Å². The first-order valence-corrected chi connectivity index (χ1v) is 6.14. The Morgan fingerprint density at radius 1 is 1.25 bits per heavy atom. The minimum Gasteiger partial charge on any atom is -0.475 e. The van der Waals surface area contributed by atoms with Crippen LogP contribution in [-0.2, 0) is 5.88 Å². The molecular formula is C11H16ClN3O. The largest absolute Gasteiger partial charge is 0.475 e. The van der Waals surface area contributed by atoms with Gasteiger partial charge in [0.25, 0.3) is 0 Å². The first-order chi connectivity index (χ1) is 7.88. The van der Waals surface area contributed by atoms with Gasteiger partial charge in [0.2, 0.25) is 5.88 Å². The average molecular weight is 242 g/mol. The molecule has 1 saturated heterocycles. The highest BCUT2D eigenvalue weighted by Gasteiger charge is 2.10. The molecule has 0 aromatic carbocycles. The van der Waals surface area contributed by atoms with Crippen molar-refractivity contribution in [2.24, 2.45) is 0 Å². The Balaban J connectivity index is 1.71. The van der Waals surface area contributed by atoms with E-state index in [1.807, 2.05) is 0 Å². The molecule has 0 spiro atoms. The van der Waals surface area contributed by atoms with Gasteiger partial charge >= 0.3 is 0 Å². The van der Waals surface area contributed by atoms with Crippen molar-refractivity contribution in [1.29, 1.82) is 0 Å². The highest BCUT2D eigenvalue weighted by atomic mass is 35.5. The van der Waals surface area contributed by atoms with Crippen molar-refractivity contribution in [3.05, 3.63) is 18.1 Å². The van der Waals surface area contributed by atoms with Crippen LogP contribution in [-0.4, -0.2) is 41.1 Å². The van der Waals surface area contributed by atoms with Crippen molar-refractivity contribution in [2.45, 2.75) is 18.7 Å². The lowest BCUT2D eigenvalue weighted by Crippen LogP contribution is -2.25. The molecule has 88 valence electrons. The van der Waals surface area contributed by atoms with Crippen LogP contribution in [0.5, 0.6) is 5.88 Å². The van der Waals surface area contributed by atoms with E-state index in [-0.39, 0.29) is 0 Å². The Bertz CT molecular complexity index is 312. The second kappa shape index (κ2) is 6.01. The smallest absolute Gasteiger partial charge is 0.232 e. The summed E-state index contributed by atoms with van der Waals surface area (Å²) in [6, 6.07) is 0. The number of nitrogens with zero attached hydrogens (tertiary/aromatic N) is 3. The fraction of sp³-hybridized carbons (Fsp3) is 0.636. The zero-order valence-electron chi connectivity index (χ0n) is 9.23. The number of halogens is 1. The monoisotopic (exact) mass is 241 g/mol. The zero-order valence-corrected chi connectivity index (χ0v) is 9.99. The summed E-state index contributed by atoms with van der Waals surface area (Å²) in [6.45, 7) is 4.04. The van der Waals surface area contributed by atoms with E-state index in [4.69, 9.17) is 16.3 Å². The highest BCUT2D eigenvalue weighted by molar-refractivity contribution is 6.16. The predicted octanol–water partition coefficient (Wildman–Crippen LogP) is 1.69. The summed E-state index contributed by atoms with van der Waals surface area (Å²) in [6.07, 6.45) is 5.90. The molecule has 0 aliphatic carbocycles. The Morgan fingerprint density at radius 3 is 2.69 bits per heavy atom. The standard InChI is InChI=1S/C11H16ClN3O/c12-7-10-8-14-11(9-13-10)16-6-5-15-3-1-2-4-15/h8-9H,1-7H2. The Hall–Kier alpha value is -0.870. The van der Waals surface area contributed by atoms with Gasteiger partial charge in [0.1, 0.15) is 6.61 Å². The topological polar surface area (TPSA) is 38.2 Å². The summed E-state index contributed by atoms with van der Waals surface area (Å²) in [4.78, 5) is 10.6. The van der Waals surface area contributed by atoms with Gasteiger partial charge in [0.15, 0.2) is 0 Å². The zero-order chi connectivity index (χ0) is 11.2. The van der Waals surface area contributed by atoms with Gasteiger partial charge in [-0.05, 0) is 25.9 Å². The number of likely N-dealkylation sites (tertiary alicyclic amines) is 1. The van der Waals surface area contributed by atoms with Gasteiger partial charge in [-0.15, -0.1) is 11.6 Å². The van der Waals surface area contributed by atoms with Crippen LogP contribution in [0.1, 0.15) is 18.5 Å². The van der Waals surface area contributed by atoms with E-state index in [9.17, 15) is 0 Å². The van der Waals surface area contributed by atoms with Crippen LogP contribution in [0.4, 0.5) is 0 Å². The summed E-state index contributed by atoms with van der Waals surface area (Å²) in [5, 5.41) is 0. The lowest BCUT2D eigenvalue weighted by Gasteiger charge is -2.14. The van der Waals surface area contributed by atoms with Crippen molar-refractivity contribution in [3.8, 4) is 5.88 Å². The van der Waals surface area contributed by atoms with Crippen LogP contribution in [0.25, 0.3) is 0 Å². The first kappa shape index (κ1) is 11.6. The van der Waals surface area contributed by atoms with Crippen molar-refractivity contribution >= 4 is 11.6 Å². The Labute approximate surface area is 101 Å². The van der Waals surface area contributed by atoms with Crippen molar-refractivity contribution < 1.29 is 4.74 Å². The van der Waals surface area contributed by atoms with Gasteiger partial charge in [0.05, 0.1) is 24.0 Å². The molecule has 1 aliphatic rings. The summed E-state index contributed by atoms with van der Waals surface area (Å²) >= 11 is 5.62. The predicted molar refractivity (Wildman–Crippen MR) is 62.8 cm³/mol. The third-order valence-electron chi connectivity index (χ3n) is 2.67. The molecule has 16 heavy (non-hydrogen) atoms. The lowest BCUT2D eigenvalue weighted by atomic mass is 10.4. The molecular weight excluding hydrogens is 226 g/mol. The highest BCUT2D eigenvalue weighted by Crippen LogP contribution is 2.08. The molecule has 0 bridgehead atoms. The van der Waals surface area contributed by atoms with E-state index >= 15 is 0 Å². The fourth-order valence-corrected chi connectivity index (χ4v) is 1.91. The minimum atomic E-state index is 0.390. The van der Waals surface area contributed by atoms with Gasteiger partial charge in [0, 0.05) is 6.54 Å². The maximum Gasteiger partial charge on any atom is 0.232 e. The van der Waals surface area contributed by atoms with Gasteiger partial charge in [-0.2, -0.15) is 0 Å². The van der Waals surface area contributed by atoms with Crippen LogP contribution in [0.15, 0.2) is 12.4 Å². The number of rotatable bonds is 5. The first-order valence-electron chi connectivity index (χ1n) is 5.60. The van der Waals surface area contributed by atoms with Crippen LogP contribution < -0.4 is 4.74 Å². The molecule has 2 rings (SSSR count). The second-order valence-electron chi connectivity index (χ2n) is 3.88. The van der Waals surface area contributed by atoms with Gasteiger partial charge in [-0.3, -0.25) is 9.88 Å². The number of hydrogen-bond donors (Lipinski definition) is 0. The van der Waals surface area contributed by atoms with Crippen LogP contribution in [0.2, 0.25) is 0 Å². The molecule has 5 heteroatoms. The molecule has 4 nitrogen and oxygen atoms in total. The van der Waals surface area contributed by atoms with E-state index in [1.54, 1.807) is 12.4 Å². The maximum atomic E-state index is 5.62.